The first kappa shape index (κ1) is 21.2. The summed E-state index contributed by atoms with van der Waals surface area (Å²) in [6.07, 6.45) is 0.686. The number of likely N-dealkylation sites (N-methyl/N-ethyl adjacent to an activating group) is 1. The fraction of sp³-hybridized carbons (Fsp3) is 0.333. The van der Waals surface area contributed by atoms with Gasteiger partial charge in [0.1, 0.15) is 11.5 Å². The molecule has 0 aliphatic carbocycles. The van der Waals surface area contributed by atoms with Crippen LogP contribution in [0.1, 0.15) is 5.56 Å². The summed E-state index contributed by atoms with van der Waals surface area (Å²) in [5, 5.41) is 5.70. The predicted octanol–water partition coefficient (Wildman–Crippen LogP) is 0.516. The number of carbonyl (C=O) groups excluding carboxylic acids is 2. The Kier molecular flexibility index (Phi) is 8.30. The molecule has 2 aromatic rings. The fourth-order valence-electron chi connectivity index (χ4n) is 2.83. The van der Waals surface area contributed by atoms with E-state index >= 15 is 0 Å². The standard InChI is InChI=1S/C21H27N3O4/c1-24(15-21(26)23-17-8-6-9-18(13-17)27-2)14-20(25)22-12-11-16-7-4-5-10-19(16)28-3/h4-10,13H,11-12,14-15H2,1-3H3,(H,22,25)(H,23,26)/p+1. The highest BCUT2D eigenvalue weighted by atomic mass is 16.5. The Balaban J connectivity index is 1.72. The normalized spacial score (nSPS) is 11.4. The van der Waals surface area contributed by atoms with Crippen molar-refractivity contribution in [1.82, 2.24) is 5.32 Å². The van der Waals surface area contributed by atoms with E-state index in [1.807, 2.05) is 37.4 Å². The summed E-state index contributed by atoms with van der Waals surface area (Å²) in [5.74, 6) is 1.23. The van der Waals surface area contributed by atoms with Crippen LogP contribution in [0.3, 0.4) is 0 Å². The lowest BCUT2D eigenvalue weighted by Gasteiger charge is -2.14. The van der Waals surface area contributed by atoms with E-state index in [9.17, 15) is 9.59 Å². The van der Waals surface area contributed by atoms with Gasteiger partial charge < -0.3 is 25.0 Å². The van der Waals surface area contributed by atoms with Crippen molar-refractivity contribution in [2.75, 3.05) is 46.2 Å². The van der Waals surface area contributed by atoms with Crippen LogP contribution in [-0.2, 0) is 16.0 Å². The highest BCUT2D eigenvalue weighted by Gasteiger charge is 2.14. The summed E-state index contributed by atoms with van der Waals surface area (Å²) >= 11 is 0. The monoisotopic (exact) mass is 386 g/mol. The molecular weight excluding hydrogens is 358 g/mol. The van der Waals surface area contributed by atoms with Gasteiger partial charge >= 0.3 is 0 Å². The van der Waals surface area contributed by atoms with Crippen LogP contribution < -0.4 is 25.0 Å². The molecule has 0 aliphatic heterocycles. The van der Waals surface area contributed by atoms with Crippen molar-refractivity contribution in [3.05, 3.63) is 54.1 Å². The smallest absolute Gasteiger partial charge is 0.279 e. The number of anilines is 1. The third kappa shape index (κ3) is 6.92. The Hall–Kier alpha value is -3.06. The van der Waals surface area contributed by atoms with Crippen molar-refractivity contribution in [2.45, 2.75) is 6.42 Å². The number of rotatable bonds is 10. The summed E-state index contributed by atoms with van der Waals surface area (Å²) in [5.41, 5.74) is 1.71. The quantitative estimate of drug-likeness (QED) is 0.556. The zero-order valence-corrected chi connectivity index (χ0v) is 16.6. The molecular formula is C21H28N3O4+. The van der Waals surface area contributed by atoms with Crippen LogP contribution in [0.25, 0.3) is 0 Å². The molecule has 0 spiro atoms. The molecule has 3 N–H and O–H groups in total. The molecule has 7 heteroatoms. The third-order valence-corrected chi connectivity index (χ3v) is 4.19. The van der Waals surface area contributed by atoms with Gasteiger partial charge in [-0.3, -0.25) is 9.59 Å². The van der Waals surface area contributed by atoms with Crippen LogP contribution in [0.5, 0.6) is 11.5 Å². The van der Waals surface area contributed by atoms with E-state index in [2.05, 4.69) is 10.6 Å². The number of para-hydroxylation sites is 1. The molecule has 28 heavy (non-hydrogen) atoms. The van der Waals surface area contributed by atoms with Crippen LogP contribution >= 0.6 is 0 Å². The second kappa shape index (κ2) is 10.9. The first-order valence-electron chi connectivity index (χ1n) is 9.15. The highest BCUT2D eigenvalue weighted by Crippen LogP contribution is 2.17. The molecule has 2 amide bonds. The van der Waals surface area contributed by atoms with E-state index in [0.717, 1.165) is 16.2 Å². The van der Waals surface area contributed by atoms with Gasteiger partial charge in [0.2, 0.25) is 0 Å². The van der Waals surface area contributed by atoms with Gasteiger partial charge in [-0.25, -0.2) is 0 Å². The zero-order chi connectivity index (χ0) is 20.4. The van der Waals surface area contributed by atoms with Gasteiger partial charge in [-0.05, 0) is 30.2 Å². The summed E-state index contributed by atoms with van der Waals surface area (Å²) in [4.78, 5) is 25.1. The minimum absolute atomic E-state index is 0.0958. The summed E-state index contributed by atoms with van der Waals surface area (Å²) in [7, 11) is 5.02. The lowest BCUT2D eigenvalue weighted by Crippen LogP contribution is -3.11. The molecule has 1 unspecified atom stereocenters. The molecule has 0 bridgehead atoms. The molecule has 2 aromatic carbocycles. The zero-order valence-electron chi connectivity index (χ0n) is 16.6. The summed E-state index contributed by atoms with van der Waals surface area (Å²) in [6, 6.07) is 14.9. The number of nitrogens with one attached hydrogen (secondary N) is 3. The maximum absolute atomic E-state index is 12.2. The van der Waals surface area contributed by atoms with Gasteiger partial charge in [0.05, 0.1) is 21.3 Å². The topological polar surface area (TPSA) is 81.1 Å². The van der Waals surface area contributed by atoms with E-state index in [4.69, 9.17) is 9.47 Å². The first-order chi connectivity index (χ1) is 13.5. The summed E-state index contributed by atoms with van der Waals surface area (Å²) < 4.78 is 10.4. The Labute approximate surface area is 165 Å². The molecule has 0 fully saturated rings. The molecule has 0 heterocycles. The molecule has 1 atom stereocenters. The van der Waals surface area contributed by atoms with Crippen LogP contribution in [0.4, 0.5) is 5.69 Å². The van der Waals surface area contributed by atoms with E-state index < -0.39 is 0 Å². The summed E-state index contributed by atoms with van der Waals surface area (Å²) in [6.45, 7) is 0.928. The second-order valence-corrected chi connectivity index (χ2v) is 6.50. The largest absolute Gasteiger partial charge is 0.497 e. The van der Waals surface area contributed by atoms with Crippen molar-refractivity contribution in [3.8, 4) is 11.5 Å². The van der Waals surface area contributed by atoms with Crippen molar-refractivity contribution >= 4 is 17.5 Å². The second-order valence-electron chi connectivity index (χ2n) is 6.50. The molecule has 0 saturated carbocycles. The average molecular weight is 386 g/mol. The molecule has 0 aromatic heterocycles. The Morgan fingerprint density at radius 3 is 2.46 bits per heavy atom. The number of amides is 2. The SMILES string of the molecule is COc1cccc(NC(=O)C[NH+](C)CC(=O)NCCc2ccccc2OC)c1. The Morgan fingerprint density at radius 2 is 1.71 bits per heavy atom. The minimum Gasteiger partial charge on any atom is -0.497 e. The molecule has 2 rings (SSSR count). The number of hydrogen-bond donors (Lipinski definition) is 3. The number of benzene rings is 2. The number of carbonyl (C=O) groups is 2. The van der Waals surface area contributed by atoms with Gasteiger partial charge in [-0.2, -0.15) is 0 Å². The molecule has 0 radical (unpaired) electrons. The van der Waals surface area contributed by atoms with Crippen LogP contribution in [-0.4, -0.2) is 52.7 Å². The first-order valence-corrected chi connectivity index (χ1v) is 9.15. The van der Waals surface area contributed by atoms with Gasteiger partial charge in [-0.15, -0.1) is 0 Å². The minimum atomic E-state index is -0.160. The van der Waals surface area contributed by atoms with Crippen LogP contribution in [0.15, 0.2) is 48.5 Å². The maximum atomic E-state index is 12.2. The van der Waals surface area contributed by atoms with Crippen molar-refractivity contribution < 1.29 is 24.0 Å². The van der Waals surface area contributed by atoms with E-state index in [0.29, 0.717) is 24.4 Å². The number of ether oxygens (including phenoxy) is 2. The lowest BCUT2D eigenvalue weighted by atomic mass is 10.1. The molecule has 7 nitrogen and oxygen atoms in total. The van der Waals surface area contributed by atoms with Crippen molar-refractivity contribution in [2.24, 2.45) is 0 Å². The van der Waals surface area contributed by atoms with Gasteiger partial charge in [0.25, 0.3) is 11.8 Å². The average Bonchev–Trinajstić information content (AvgIpc) is 2.68. The Morgan fingerprint density at radius 1 is 0.964 bits per heavy atom. The maximum Gasteiger partial charge on any atom is 0.279 e. The van der Waals surface area contributed by atoms with E-state index in [1.54, 1.807) is 32.4 Å². The third-order valence-electron chi connectivity index (χ3n) is 4.19. The van der Waals surface area contributed by atoms with Crippen LogP contribution in [0, 0.1) is 0 Å². The molecule has 0 saturated heterocycles. The highest BCUT2D eigenvalue weighted by molar-refractivity contribution is 5.91. The predicted molar refractivity (Wildman–Crippen MR) is 108 cm³/mol. The van der Waals surface area contributed by atoms with Gasteiger partial charge in [-0.1, -0.05) is 24.3 Å². The van der Waals surface area contributed by atoms with Gasteiger partial charge in [0.15, 0.2) is 13.1 Å². The van der Waals surface area contributed by atoms with Gasteiger partial charge in [0, 0.05) is 18.3 Å². The lowest BCUT2D eigenvalue weighted by molar-refractivity contribution is -0.862. The van der Waals surface area contributed by atoms with Crippen molar-refractivity contribution in [1.29, 1.82) is 0 Å². The van der Waals surface area contributed by atoms with Crippen LogP contribution in [0.2, 0.25) is 0 Å². The Bertz CT molecular complexity index is 795. The molecule has 0 aliphatic rings. The fourth-order valence-corrected chi connectivity index (χ4v) is 2.83. The molecule has 150 valence electrons. The van der Waals surface area contributed by atoms with Crippen molar-refractivity contribution in [3.63, 3.8) is 0 Å². The van der Waals surface area contributed by atoms with E-state index in [-0.39, 0.29) is 24.9 Å². The number of quaternary nitrogens is 1. The number of methoxy groups -OCH3 is 2. The van der Waals surface area contributed by atoms with E-state index in [1.165, 1.54) is 0 Å². The number of hydrogen-bond acceptors (Lipinski definition) is 4.